The molecule has 0 spiro atoms. The SMILES string of the molecule is CC(=O)Nc1nc(O)c(C=C2C(=O)C=Cc3ccccc32)s1. The predicted octanol–water partition coefficient (Wildman–Crippen LogP) is 2.94. The topological polar surface area (TPSA) is 79.3 Å². The molecule has 2 aromatic rings. The summed E-state index contributed by atoms with van der Waals surface area (Å²) in [6.45, 7) is 1.36. The van der Waals surface area contributed by atoms with E-state index < -0.39 is 0 Å². The van der Waals surface area contributed by atoms with Gasteiger partial charge < -0.3 is 10.4 Å². The Hall–Kier alpha value is -2.73. The molecular weight excluding hydrogens is 300 g/mol. The molecule has 22 heavy (non-hydrogen) atoms. The molecule has 0 fully saturated rings. The van der Waals surface area contributed by atoms with Crippen LogP contribution in [0.25, 0.3) is 17.7 Å². The highest BCUT2D eigenvalue weighted by Crippen LogP contribution is 2.34. The Labute approximate surface area is 130 Å². The first-order chi connectivity index (χ1) is 10.5. The van der Waals surface area contributed by atoms with Gasteiger partial charge in [0.1, 0.15) is 0 Å². The summed E-state index contributed by atoms with van der Waals surface area (Å²) in [5.41, 5.74) is 2.25. The molecule has 0 aliphatic heterocycles. The molecule has 5 nitrogen and oxygen atoms in total. The Kier molecular flexibility index (Phi) is 3.60. The van der Waals surface area contributed by atoms with Gasteiger partial charge in [0.25, 0.3) is 0 Å². The van der Waals surface area contributed by atoms with Crippen molar-refractivity contribution in [2.75, 3.05) is 5.32 Å². The number of rotatable bonds is 2. The summed E-state index contributed by atoms with van der Waals surface area (Å²) in [5.74, 6) is -0.608. The molecule has 0 saturated carbocycles. The molecule has 0 bridgehead atoms. The van der Waals surface area contributed by atoms with E-state index in [1.165, 1.54) is 13.0 Å². The maximum atomic E-state index is 12.1. The van der Waals surface area contributed by atoms with Gasteiger partial charge in [0.2, 0.25) is 11.8 Å². The van der Waals surface area contributed by atoms with Crippen LogP contribution in [-0.2, 0) is 9.59 Å². The second-order valence-corrected chi connectivity index (χ2v) is 5.76. The predicted molar refractivity (Wildman–Crippen MR) is 86.4 cm³/mol. The molecule has 0 atom stereocenters. The summed E-state index contributed by atoms with van der Waals surface area (Å²) in [5, 5.41) is 12.7. The Morgan fingerprint density at radius 1 is 1.32 bits per heavy atom. The normalized spacial score (nSPS) is 15.0. The van der Waals surface area contributed by atoms with E-state index in [9.17, 15) is 14.7 Å². The van der Waals surface area contributed by atoms with Crippen molar-refractivity contribution in [3.05, 3.63) is 46.3 Å². The van der Waals surface area contributed by atoms with Crippen molar-refractivity contribution in [2.24, 2.45) is 0 Å². The van der Waals surface area contributed by atoms with Gasteiger partial charge in [0, 0.05) is 12.5 Å². The van der Waals surface area contributed by atoms with E-state index in [2.05, 4.69) is 10.3 Å². The van der Waals surface area contributed by atoms with E-state index in [-0.39, 0.29) is 17.6 Å². The van der Waals surface area contributed by atoms with Crippen LogP contribution in [0.4, 0.5) is 5.13 Å². The molecule has 3 rings (SSSR count). The number of nitrogens with zero attached hydrogens (tertiary/aromatic N) is 1. The number of carbonyl (C=O) groups excluding carboxylic acids is 2. The number of ketones is 1. The summed E-state index contributed by atoms with van der Waals surface area (Å²) in [7, 11) is 0. The molecule has 1 aliphatic carbocycles. The fraction of sp³-hybridized carbons (Fsp3) is 0.0625. The van der Waals surface area contributed by atoms with Gasteiger partial charge in [-0.15, -0.1) is 0 Å². The monoisotopic (exact) mass is 312 g/mol. The van der Waals surface area contributed by atoms with Crippen molar-refractivity contribution >= 4 is 45.9 Å². The Bertz CT molecular complexity index is 834. The fourth-order valence-electron chi connectivity index (χ4n) is 2.18. The number of nitrogens with one attached hydrogen (secondary N) is 1. The first-order valence-corrected chi connectivity index (χ1v) is 7.37. The van der Waals surface area contributed by atoms with Crippen LogP contribution in [-0.4, -0.2) is 21.8 Å². The summed E-state index contributed by atoms with van der Waals surface area (Å²) >= 11 is 1.11. The zero-order valence-electron chi connectivity index (χ0n) is 11.7. The summed E-state index contributed by atoms with van der Waals surface area (Å²) < 4.78 is 0. The van der Waals surface area contributed by atoms with Crippen molar-refractivity contribution < 1.29 is 14.7 Å². The van der Waals surface area contributed by atoms with Crippen molar-refractivity contribution in [3.63, 3.8) is 0 Å². The van der Waals surface area contributed by atoms with Crippen molar-refractivity contribution in [2.45, 2.75) is 6.92 Å². The third-order valence-corrected chi connectivity index (χ3v) is 4.03. The zero-order valence-corrected chi connectivity index (χ0v) is 12.5. The highest BCUT2D eigenvalue weighted by Gasteiger charge is 2.18. The second-order valence-electron chi connectivity index (χ2n) is 4.73. The number of hydrogen-bond acceptors (Lipinski definition) is 5. The third kappa shape index (κ3) is 2.68. The summed E-state index contributed by atoms with van der Waals surface area (Å²) in [4.78, 5) is 27.5. The van der Waals surface area contributed by atoms with Gasteiger partial charge >= 0.3 is 0 Å². The lowest BCUT2D eigenvalue weighted by atomic mass is 9.91. The average molecular weight is 312 g/mol. The minimum atomic E-state index is -0.269. The van der Waals surface area contributed by atoms with Gasteiger partial charge in [0.15, 0.2) is 10.9 Å². The molecule has 1 amide bonds. The van der Waals surface area contributed by atoms with Gasteiger partial charge in [0.05, 0.1) is 4.88 Å². The van der Waals surface area contributed by atoms with E-state index >= 15 is 0 Å². The van der Waals surface area contributed by atoms with Crippen LogP contribution in [0, 0.1) is 0 Å². The number of aromatic hydroxyl groups is 1. The lowest BCUT2D eigenvalue weighted by Crippen LogP contribution is -2.04. The van der Waals surface area contributed by atoms with Crippen LogP contribution in [0.15, 0.2) is 30.3 Å². The minimum absolute atomic E-state index is 0.132. The van der Waals surface area contributed by atoms with Crippen LogP contribution >= 0.6 is 11.3 Å². The highest BCUT2D eigenvalue weighted by molar-refractivity contribution is 7.17. The first-order valence-electron chi connectivity index (χ1n) is 6.55. The molecule has 0 radical (unpaired) electrons. The Morgan fingerprint density at radius 3 is 2.86 bits per heavy atom. The molecule has 0 unspecified atom stereocenters. The largest absolute Gasteiger partial charge is 0.492 e. The van der Waals surface area contributed by atoms with Crippen LogP contribution in [0.3, 0.4) is 0 Å². The van der Waals surface area contributed by atoms with Crippen LogP contribution < -0.4 is 5.32 Å². The van der Waals surface area contributed by atoms with Crippen molar-refractivity contribution in [1.29, 1.82) is 0 Å². The van der Waals surface area contributed by atoms with Crippen molar-refractivity contribution in [1.82, 2.24) is 4.98 Å². The fourth-order valence-corrected chi connectivity index (χ4v) is 3.03. The number of anilines is 1. The van der Waals surface area contributed by atoms with Crippen LogP contribution in [0.5, 0.6) is 5.88 Å². The number of aromatic nitrogens is 1. The molecule has 1 aliphatic rings. The number of carbonyl (C=O) groups is 2. The third-order valence-electron chi connectivity index (χ3n) is 3.12. The molecule has 1 aromatic carbocycles. The summed E-state index contributed by atoms with van der Waals surface area (Å²) in [6, 6.07) is 7.53. The number of fused-ring (bicyclic) bond motifs is 1. The molecular formula is C16H12N2O3S. The van der Waals surface area contributed by atoms with Crippen LogP contribution in [0.2, 0.25) is 0 Å². The van der Waals surface area contributed by atoms with Crippen molar-refractivity contribution in [3.8, 4) is 5.88 Å². The lowest BCUT2D eigenvalue weighted by molar-refractivity contribution is -0.114. The van der Waals surface area contributed by atoms with E-state index in [0.29, 0.717) is 15.6 Å². The van der Waals surface area contributed by atoms with Crippen LogP contribution in [0.1, 0.15) is 22.9 Å². The lowest BCUT2D eigenvalue weighted by Gasteiger charge is -2.12. The maximum Gasteiger partial charge on any atom is 0.231 e. The van der Waals surface area contributed by atoms with E-state index in [4.69, 9.17) is 0 Å². The number of thiazole rings is 1. The second kappa shape index (κ2) is 5.57. The van der Waals surface area contributed by atoms with Gasteiger partial charge in [-0.05, 0) is 23.3 Å². The quantitative estimate of drug-likeness (QED) is 0.836. The average Bonchev–Trinajstić information content (AvgIpc) is 2.81. The number of hydrogen-bond donors (Lipinski definition) is 2. The van der Waals surface area contributed by atoms with E-state index in [1.54, 1.807) is 12.2 Å². The van der Waals surface area contributed by atoms with Gasteiger partial charge in [-0.25, -0.2) is 0 Å². The maximum absolute atomic E-state index is 12.1. The minimum Gasteiger partial charge on any atom is -0.492 e. The Morgan fingerprint density at radius 2 is 2.09 bits per heavy atom. The van der Waals surface area contributed by atoms with E-state index in [0.717, 1.165) is 22.5 Å². The smallest absolute Gasteiger partial charge is 0.231 e. The summed E-state index contributed by atoms with van der Waals surface area (Å²) in [6.07, 6.45) is 4.87. The highest BCUT2D eigenvalue weighted by atomic mass is 32.1. The number of amides is 1. The molecule has 1 aromatic heterocycles. The number of allylic oxidation sites excluding steroid dienone is 2. The molecule has 110 valence electrons. The first kappa shape index (κ1) is 14.2. The molecule has 0 saturated heterocycles. The van der Waals surface area contributed by atoms with E-state index in [1.807, 2.05) is 24.3 Å². The number of benzene rings is 1. The van der Waals surface area contributed by atoms with Gasteiger partial charge in [-0.3, -0.25) is 9.59 Å². The zero-order chi connectivity index (χ0) is 15.7. The van der Waals surface area contributed by atoms with Gasteiger partial charge in [-0.2, -0.15) is 4.98 Å². The molecule has 1 heterocycles. The molecule has 6 heteroatoms. The molecule has 2 N–H and O–H groups in total. The van der Waals surface area contributed by atoms with Gasteiger partial charge in [-0.1, -0.05) is 41.7 Å². The Balaban J connectivity index is 2.05. The standard InChI is InChI=1S/C16H12N2O3S/c1-9(19)17-16-18-15(21)14(22-16)8-12-11-5-3-2-4-10(11)6-7-13(12)20/h2-8,21H,1H3,(H,17,18,19).